The molecule has 24 heavy (non-hydrogen) atoms. The first kappa shape index (κ1) is 16.2. The summed E-state index contributed by atoms with van der Waals surface area (Å²) in [5, 5.41) is 25.2. The molecule has 2 aromatic carbocycles. The maximum absolute atomic E-state index is 14.1. The fourth-order valence-corrected chi connectivity index (χ4v) is 2.75. The summed E-state index contributed by atoms with van der Waals surface area (Å²) in [6.45, 7) is 0. The molecule has 0 bridgehead atoms. The Morgan fingerprint density at radius 2 is 1.96 bits per heavy atom. The minimum atomic E-state index is -1.31. The van der Waals surface area contributed by atoms with Gasteiger partial charge in [0.15, 0.2) is 0 Å². The van der Waals surface area contributed by atoms with Crippen LogP contribution in [0, 0.1) is 9.39 Å². The number of aromatic nitrogens is 2. The molecule has 0 spiro atoms. The lowest BCUT2D eigenvalue weighted by Gasteiger charge is -2.12. The highest BCUT2D eigenvalue weighted by Gasteiger charge is 2.19. The van der Waals surface area contributed by atoms with Crippen LogP contribution in [0.3, 0.4) is 0 Å². The fourth-order valence-electron chi connectivity index (χ4n) is 2.29. The maximum Gasteiger partial charge on any atom is 0.432 e. The molecule has 0 aliphatic rings. The topological polar surface area (TPSA) is 104 Å². The summed E-state index contributed by atoms with van der Waals surface area (Å²) in [5.41, 5.74) is 0.229. The normalized spacial score (nSPS) is 10.8. The Hall–Kier alpha value is -2.69. The number of carboxylic acid groups (broad SMARTS) is 2. The summed E-state index contributed by atoms with van der Waals surface area (Å²) in [5.74, 6) is -1.78. The molecular formula is C15H9FIN3O4. The van der Waals surface area contributed by atoms with E-state index < -0.39 is 17.9 Å². The maximum atomic E-state index is 14.1. The molecule has 3 aromatic rings. The van der Waals surface area contributed by atoms with E-state index in [4.69, 9.17) is 5.11 Å². The summed E-state index contributed by atoms with van der Waals surface area (Å²) in [6.07, 6.45) is -0.0810. The largest absolute Gasteiger partial charge is 0.478 e. The van der Waals surface area contributed by atoms with Gasteiger partial charge in [0.2, 0.25) is 0 Å². The zero-order valence-corrected chi connectivity index (χ0v) is 14.0. The second-order valence-corrected chi connectivity index (χ2v) is 6.06. The highest BCUT2D eigenvalue weighted by molar-refractivity contribution is 14.1. The van der Waals surface area contributed by atoms with Gasteiger partial charge >= 0.3 is 12.1 Å². The van der Waals surface area contributed by atoms with Gasteiger partial charge in [-0.05, 0) is 52.9 Å². The van der Waals surface area contributed by atoms with E-state index >= 15 is 0 Å². The monoisotopic (exact) mass is 441 g/mol. The van der Waals surface area contributed by atoms with Gasteiger partial charge in [0.1, 0.15) is 5.82 Å². The van der Waals surface area contributed by atoms with Crippen molar-refractivity contribution in [1.29, 1.82) is 0 Å². The van der Waals surface area contributed by atoms with Crippen LogP contribution in [0.25, 0.3) is 10.9 Å². The van der Waals surface area contributed by atoms with E-state index in [1.54, 1.807) is 6.07 Å². The van der Waals surface area contributed by atoms with Crippen LogP contribution in [0.5, 0.6) is 0 Å². The third-order valence-corrected chi connectivity index (χ3v) is 4.03. The van der Waals surface area contributed by atoms with E-state index in [0.717, 1.165) is 4.68 Å². The van der Waals surface area contributed by atoms with E-state index in [1.807, 2.05) is 22.6 Å². The molecule has 0 atom stereocenters. The third-order valence-electron chi connectivity index (χ3n) is 3.36. The minimum Gasteiger partial charge on any atom is -0.478 e. The van der Waals surface area contributed by atoms with Crippen molar-refractivity contribution in [2.75, 3.05) is 5.32 Å². The Balaban J connectivity index is 2.21. The fraction of sp³-hybridized carbons (Fsp3) is 0. The smallest absolute Gasteiger partial charge is 0.432 e. The van der Waals surface area contributed by atoms with Crippen molar-refractivity contribution in [3.8, 4) is 0 Å². The number of hydrogen-bond acceptors (Lipinski definition) is 4. The number of halogens is 2. The number of carboxylic acids is 1. The number of nitrogens with one attached hydrogen (secondary N) is 1. The van der Waals surface area contributed by atoms with E-state index in [-0.39, 0.29) is 27.8 Å². The van der Waals surface area contributed by atoms with Gasteiger partial charge in [-0.2, -0.15) is 9.78 Å². The number of nitrogens with zero attached hydrogens (tertiary/aromatic N) is 2. The average Bonchev–Trinajstić information content (AvgIpc) is 2.94. The van der Waals surface area contributed by atoms with E-state index in [2.05, 4.69) is 10.4 Å². The summed E-state index contributed by atoms with van der Waals surface area (Å²) in [4.78, 5) is 22.6. The molecule has 1 heterocycles. The standard InChI is InChI=1S/C15H9FIN3O4/c16-10-5-7(17)1-3-11(10)19-13-8(14(21)22)2-4-12-9(13)6-18-20(12)15(23)24/h1-6,19H,(H,21,22)(H,23,24). The van der Waals surface area contributed by atoms with Gasteiger partial charge in [-0.15, -0.1) is 0 Å². The van der Waals surface area contributed by atoms with Crippen molar-refractivity contribution < 1.29 is 24.2 Å². The lowest BCUT2D eigenvalue weighted by molar-refractivity contribution is 0.0698. The molecule has 0 amide bonds. The summed E-state index contributed by atoms with van der Waals surface area (Å²) < 4.78 is 15.5. The first-order valence-corrected chi connectivity index (χ1v) is 7.65. The van der Waals surface area contributed by atoms with Crippen molar-refractivity contribution in [3.63, 3.8) is 0 Å². The SMILES string of the molecule is O=C(O)c1ccc2c(cnn2C(=O)O)c1Nc1ccc(I)cc1F. The van der Waals surface area contributed by atoms with Gasteiger partial charge in [0.25, 0.3) is 0 Å². The summed E-state index contributed by atoms with van der Waals surface area (Å²) in [7, 11) is 0. The molecule has 0 saturated heterocycles. The van der Waals surface area contributed by atoms with Crippen molar-refractivity contribution in [2.45, 2.75) is 0 Å². The molecular weight excluding hydrogens is 432 g/mol. The van der Waals surface area contributed by atoms with Gasteiger partial charge in [-0.3, -0.25) is 0 Å². The molecule has 122 valence electrons. The van der Waals surface area contributed by atoms with Crippen LogP contribution in [0.1, 0.15) is 10.4 Å². The molecule has 0 aliphatic carbocycles. The van der Waals surface area contributed by atoms with Crippen molar-refractivity contribution >= 4 is 56.9 Å². The summed E-state index contributed by atoms with van der Waals surface area (Å²) in [6, 6.07) is 7.02. The second kappa shape index (κ2) is 6.07. The van der Waals surface area contributed by atoms with Gasteiger partial charge in [-0.1, -0.05) is 0 Å². The van der Waals surface area contributed by atoms with Crippen LogP contribution in [-0.2, 0) is 0 Å². The van der Waals surface area contributed by atoms with E-state index in [0.29, 0.717) is 3.57 Å². The Labute approximate surface area is 147 Å². The zero-order chi connectivity index (χ0) is 17.4. The number of fused-ring (bicyclic) bond motifs is 1. The number of aromatic carboxylic acids is 1. The Morgan fingerprint density at radius 1 is 1.21 bits per heavy atom. The molecule has 0 aliphatic heterocycles. The van der Waals surface area contributed by atoms with Crippen LogP contribution in [0.2, 0.25) is 0 Å². The lowest BCUT2D eigenvalue weighted by atomic mass is 10.1. The van der Waals surface area contributed by atoms with Crippen LogP contribution < -0.4 is 5.32 Å². The number of carbonyl (C=O) groups is 2. The Morgan fingerprint density at radius 3 is 2.58 bits per heavy atom. The molecule has 3 rings (SSSR count). The first-order chi connectivity index (χ1) is 11.4. The van der Waals surface area contributed by atoms with E-state index in [9.17, 15) is 19.1 Å². The van der Waals surface area contributed by atoms with Crippen LogP contribution in [0.15, 0.2) is 36.5 Å². The zero-order valence-electron chi connectivity index (χ0n) is 11.8. The van der Waals surface area contributed by atoms with Gasteiger partial charge < -0.3 is 15.5 Å². The Kier molecular flexibility index (Phi) is 4.09. The molecule has 9 heteroatoms. The van der Waals surface area contributed by atoms with Gasteiger partial charge in [0, 0.05) is 8.96 Å². The molecule has 7 nitrogen and oxygen atoms in total. The Bertz CT molecular complexity index is 986. The quantitative estimate of drug-likeness (QED) is 0.535. The molecule has 0 radical (unpaired) electrons. The first-order valence-electron chi connectivity index (χ1n) is 6.58. The number of benzene rings is 2. The molecule has 0 fully saturated rings. The van der Waals surface area contributed by atoms with Crippen LogP contribution in [-0.4, -0.2) is 32.1 Å². The highest BCUT2D eigenvalue weighted by Crippen LogP contribution is 2.31. The van der Waals surface area contributed by atoms with Gasteiger partial charge in [0.05, 0.1) is 28.7 Å². The summed E-state index contributed by atoms with van der Waals surface area (Å²) >= 11 is 1.95. The second-order valence-electron chi connectivity index (χ2n) is 4.81. The predicted molar refractivity (Wildman–Crippen MR) is 92.5 cm³/mol. The predicted octanol–water partition coefficient (Wildman–Crippen LogP) is 3.75. The number of hydrogen-bond donors (Lipinski definition) is 3. The van der Waals surface area contributed by atoms with Crippen LogP contribution in [0.4, 0.5) is 20.6 Å². The lowest BCUT2D eigenvalue weighted by Crippen LogP contribution is -2.09. The molecule has 0 saturated carbocycles. The molecule has 3 N–H and O–H groups in total. The highest BCUT2D eigenvalue weighted by atomic mass is 127. The van der Waals surface area contributed by atoms with Crippen molar-refractivity contribution in [3.05, 3.63) is 51.5 Å². The van der Waals surface area contributed by atoms with Crippen LogP contribution >= 0.6 is 22.6 Å². The third kappa shape index (κ3) is 2.77. The minimum absolute atomic E-state index is 0.0765. The molecule has 1 aromatic heterocycles. The number of rotatable bonds is 3. The van der Waals surface area contributed by atoms with Crippen molar-refractivity contribution in [2.24, 2.45) is 0 Å². The average molecular weight is 441 g/mol. The van der Waals surface area contributed by atoms with E-state index in [1.165, 1.54) is 30.5 Å². The molecule has 0 unspecified atom stereocenters. The number of anilines is 2. The van der Waals surface area contributed by atoms with Crippen molar-refractivity contribution in [1.82, 2.24) is 9.78 Å². The van der Waals surface area contributed by atoms with Gasteiger partial charge in [-0.25, -0.2) is 14.0 Å².